The summed E-state index contributed by atoms with van der Waals surface area (Å²) in [5.74, 6) is -0.824. The van der Waals surface area contributed by atoms with Crippen molar-refractivity contribution in [1.82, 2.24) is 5.32 Å². The smallest absolute Gasteiger partial charge is 0.251 e. The molecule has 0 aromatic heterocycles. The average Bonchev–Trinajstić information content (AvgIpc) is 2.48. The van der Waals surface area contributed by atoms with Gasteiger partial charge < -0.3 is 10.1 Å². The first-order valence-electron chi connectivity index (χ1n) is 5.96. The Balaban J connectivity index is 2.02. The molecule has 0 heterocycles. The second kappa shape index (κ2) is 6.14. The SMILES string of the molecule is COc1ccc(C(=O)NCc2cc(F)ccc2F)cc1. The number of hydrogen-bond donors (Lipinski definition) is 1. The Morgan fingerprint density at radius 1 is 1.15 bits per heavy atom. The highest BCUT2D eigenvalue weighted by molar-refractivity contribution is 5.94. The van der Waals surface area contributed by atoms with E-state index in [4.69, 9.17) is 4.74 Å². The van der Waals surface area contributed by atoms with Crippen molar-refractivity contribution >= 4 is 5.91 Å². The molecule has 0 radical (unpaired) electrons. The summed E-state index contributed by atoms with van der Waals surface area (Å²) in [6.07, 6.45) is 0. The average molecular weight is 277 g/mol. The predicted molar refractivity (Wildman–Crippen MR) is 70.5 cm³/mol. The zero-order valence-corrected chi connectivity index (χ0v) is 10.8. The Morgan fingerprint density at radius 3 is 2.50 bits per heavy atom. The normalized spacial score (nSPS) is 10.2. The van der Waals surface area contributed by atoms with Crippen molar-refractivity contribution in [2.75, 3.05) is 7.11 Å². The van der Waals surface area contributed by atoms with Gasteiger partial charge in [0.15, 0.2) is 0 Å². The number of rotatable bonds is 4. The van der Waals surface area contributed by atoms with Crippen molar-refractivity contribution in [3.8, 4) is 5.75 Å². The monoisotopic (exact) mass is 277 g/mol. The Kier molecular flexibility index (Phi) is 4.30. The molecule has 1 amide bonds. The molecule has 0 saturated carbocycles. The van der Waals surface area contributed by atoms with Gasteiger partial charge in [0, 0.05) is 17.7 Å². The van der Waals surface area contributed by atoms with Crippen molar-refractivity contribution in [1.29, 1.82) is 0 Å². The minimum absolute atomic E-state index is 0.0749. The third-order valence-electron chi connectivity index (χ3n) is 2.80. The van der Waals surface area contributed by atoms with Crippen LogP contribution in [0.15, 0.2) is 42.5 Å². The standard InChI is InChI=1S/C15H13F2NO2/c1-20-13-5-2-10(3-6-13)15(19)18-9-11-8-12(16)4-7-14(11)17/h2-8H,9H2,1H3,(H,18,19). The summed E-state index contributed by atoms with van der Waals surface area (Å²) in [6.45, 7) is -0.0749. The molecule has 0 saturated heterocycles. The first-order valence-corrected chi connectivity index (χ1v) is 5.96. The van der Waals surface area contributed by atoms with E-state index < -0.39 is 11.6 Å². The van der Waals surface area contributed by atoms with Gasteiger partial charge in [-0.25, -0.2) is 8.78 Å². The minimum atomic E-state index is -0.554. The summed E-state index contributed by atoms with van der Waals surface area (Å²) in [6, 6.07) is 9.61. The van der Waals surface area contributed by atoms with Gasteiger partial charge in [-0.15, -0.1) is 0 Å². The van der Waals surface area contributed by atoms with Gasteiger partial charge in [-0.05, 0) is 42.5 Å². The Bertz CT molecular complexity index is 612. The van der Waals surface area contributed by atoms with Crippen molar-refractivity contribution in [3.05, 3.63) is 65.2 Å². The second-order valence-corrected chi connectivity index (χ2v) is 4.15. The highest BCUT2D eigenvalue weighted by atomic mass is 19.1. The highest BCUT2D eigenvalue weighted by Gasteiger charge is 2.08. The molecule has 0 fully saturated rings. The van der Waals surface area contributed by atoms with Crippen LogP contribution >= 0.6 is 0 Å². The fraction of sp³-hybridized carbons (Fsp3) is 0.133. The molecule has 2 aromatic rings. The third kappa shape index (κ3) is 3.32. The summed E-state index contributed by atoms with van der Waals surface area (Å²) < 4.78 is 31.4. The summed E-state index contributed by atoms with van der Waals surface area (Å²) in [5, 5.41) is 2.53. The summed E-state index contributed by atoms with van der Waals surface area (Å²) in [4.78, 5) is 11.8. The van der Waals surface area contributed by atoms with Gasteiger partial charge in [0.1, 0.15) is 17.4 Å². The number of hydrogen-bond acceptors (Lipinski definition) is 2. The first kappa shape index (κ1) is 14.0. The van der Waals surface area contributed by atoms with E-state index in [0.29, 0.717) is 11.3 Å². The number of carbonyl (C=O) groups excluding carboxylic acids is 1. The maximum Gasteiger partial charge on any atom is 0.251 e. The molecule has 3 nitrogen and oxygen atoms in total. The van der Waals surface area contributed by atoms with Gasteiger partial charge in [-0.3, -0.25) is 4.79 Å². The largest absolute Gasteiger partial charge is 0.497 e. The maximum absolute atomic E-state index is 13.4. The fourth-order valence-corrected chi connectivity index (χ4v) is 1.70. The predicted octanol–water partition coefficient (Wildman–Crippen LogP) is 2.90. The second-order valence-electron chi connectivity index (χ2n) is 4.15. The molecular weight excluding hydrogens is 264 g/mol. The van der Waals surface area contributed by atoms with Gasteiger partial charge in [0.25, 0.3) is 5.91 Å². The van der Waals surface area contributed by atoms with Crippen molar-refractivity contribution in [3.63, 3.8) is 0 Å². The van der Waals surface area contributed by atoms with Crippen LogP contribution in [0.4, 0.5) is 8.78 Å². The third-order valence-corrected chi connectivity index (χ3v) is 2.80. The molecular formula is C15H13F2NO2. The van der Waals surface area contributed by atoms with Crippen molar-refractivity contribution in [2.24, 2.45) is 0 Å². The molecule has 20 heavy (non-hydrogen) atoms. The molecule has 0 aliphatic carbocycles. The van der Waals surface area contributed by atoms with Crippen LogP contribution in [-0.2, 0) is 6.54 Å². The van der Waals surface area contributed by atoms with Gasteiger partial charge in [0.05, 0.1) is 7.11 Å². The van der Waals surface area contributed by atoms with Crippen LogP contribution in [0.1, 0.15) is 15.9 Å². The van der Waals surface area contributed by atoms with E-state index in [1.807, 2.05) is 0 Å². The molecule has 0 aliphatic rings. The zero-order valence-electron chi connectivity index (χ0n) is 10.8. The van der Waals surface area contributed by atoms with E-state index in [0.717, 1.165) is 18.2 Å². The molecule has 0 unspecified atom stereocenters. The molecule has 1 N–H and O–H groups in total. The van der Waals surface area contributed by atoms with Crippen LogP contribution < -0.4 is 10.1 Å². The number of halogens is 2. The molecule has 104 valence electrons. The van der Waals surface area contributed by atoms with E-state index in [1.54, 1.807) is 24.3 Å². The topological polar surface area (TPSA) is 38.3 Å². The van der Waals surface area contributed by atoms with Crippen LogP contribution in [0.2, 0.25) is 0 Å². The van der Waals surface area contributed by atoms with E-state index in [2.05, 4.69) is 5.32 Å². The minimum Gasteiger partial charge on any atom is -0.497 e. The number of ether oxygens (including phenoxy) is 1. The van der Waals surface area contributed by atoms with Crippen LogP contribution in [0.3, 0.4) is 0 Å². The lowest BCUT2D eigenvalue weighted by molar-refractivity contribution is 0.0950. The van der Waals surface area contributed by atoms with E-state index >= 15 is 0 Å². The van der Waals surface area contributed by atoms with Gasteiger partial charge in [-0.1, -0.05) is 0 Å². The summed E-state index contributed by atoms with van der Waals surface area (Å²) >= 11 is 0. The number of carbonyl (C=O) groups is 1. The number of nitrogens with one attached hydrogen (secondary N) is 1. The van der Waals surface area contributed by atoms with Crippen LogP contribution in [-0.4, -0.2) is 13.0 Å². The summed E-state index contributed by atoms with van der Waals surface area (Å²) in [5.41, 5.74) is 0.523. The molecule has 0 bridgehead atoms. The molecule has 0 atom stereocenters. The lowest BCUT2D eigenvalue weighted by atomic mass is 10.1. The molecule has 2 rings (SSSR count). The van der Waals surface area contributed by atoms with Gasteiger partial charge in [-0.2, -0.15) is 0 Å². The first-order chi connectivity index (χ1) is 9.60. The Labute approximate surface area is 115 Å². The number of methoxy groups -OCH3 is 1. The summed E-state index contributed by atoms with van der Waals surface area (Å²) in [7, 11) is 1.53. The van der Waals surface area contributed by atoms with Crippen molar-refractivity contribution < 1.29 is 18.3 Å². The van der Waals surface area contributed by atoms with Crippen LogP contribution in [0, 0.1) is 11.6 Å². The van der Waals surface area contributed by atoms with Crippen LogP contribution in [0.25, 0.3) is 0 Å². The van der Waals surface area contributed by atoms with E-state index in [-0.39, 0.29) is 18.0 Å². The Morgan fingerprint density at radius 2 is 1.85 bits per heavy atom. The lowest BCUT2D eigenvalue weighted by Gasteiger charge is -2.07. The Hall–Kier alpha value is -2.43. The quantitative estimate of drug-likeness (QED) is 0.933. The van der Waals surface area contributed by atoms with E-state index in [1.165, 1.54) is 7.11 Å². The zero-order chi connectivity index (χ0) is 14.5. The number of amides is 1. The van der Waals surface area contributed by atoms with E-state index in [9.17, 15) is 13.6 Å². The van der Waals surface area contributed by atoms with Crippen LogP contribution in [0.5, 0.6) is 5.75 Å². The van der Waals surface area contributed by atoms with Crippen molar-refractivity contribution in [2.45, 2.75) is 6.54 Å². The molecule has 0 spiro atoms. The van der Waals surface area contributed by atoms with Gasteiger partial charge in [0.2, 0.25) is 0 Å². The maximum atomic E-state index is 13.4. The highest BCUT2D eigenvalue weighted by Crippen LogP contribution is 2.12. The molecule has 0 aliphatic heterocycles. The molecule has 2 aromatic carbocycles. The molecule has 5 heteroatoms. The lowest BCUT2D eigenvalue weighted by Crippen LogP contribution is -2.23. The number of benzene rings is 2. The fourth-order valence-electron chi connectivity index (χ4n) is 1.70. The van der Waals surface area contributed by atoms with Gasteiger partial charge >= 0.3 is 0 Å².